The zero-order valence-electron chi connectivity index (χ0n) is 17.7. The lowest BCUT2D eigenvalue weighted by molar-refractivity contribution is -0.138. The van der Waals surface area contributed by atoms with Gasteiger partial charge in [-0.05, 0) is 36.2 Å². The maximum absolute atomic E-state index is 14.2. The van der Waals surface area contributed by atoms with Crippen molar-refractivity contribution in [3.05, 3.63) is 82.0 Å². The molecule has 6 rings (SSSR count). The SMILES string of the molecule is CN1C(=O)[C@@]2(c3ccccc31)N(C)C[C@@H](C(=O)c1cccs1)[C@]21C(=O)Nc2ccccc21. The van der Waals surface area contributed by atoms with Crippen molar-refractivity contribution in [2.45, 2.75) is 11.0 Å². The van der Waals surface area contributed by atoms with Crippen LogP contribution < -0.4 is 10.2 Å². The minimum Gasteiger partial charge on any atom is -0.325 e. The smallest absolute Gasteiger partial charge is 0.253 e. The molecule has 0 unspecified atom stereocenters. The molecule has 7 heteroatoms. The number of likely N-dealkylation sites (tertiary alicyclic amines) is 1. The van der Waals surface area contributed by atoms with Crippen LogP contribution in [0.25, 0.3) is 0 Å². The van der Waals surface area contributed by atoms with Crippen molar-refractivity contribution in [3.63, 3.8) is 0 Å². The maximum atomic E-state index is 14.2. The van der Waals surface area contributed by atoms with E-state index in [1.54, 1.807) is 18.0 Å². The molecule has 6 nitrogen and oxygen atoms in total. The van der Waals surface area contributed by atoms with Crippen LogP contribution >= 0.6 is 11.3 Å². The standard InChI is InChI=1S/C25H21N3O3S/c1-27-14-17(21(29)20-12-7-13-32-20)24(15-8-3-5-10-18(15)26-22(24)30)25(27)16-9-4-6-11-19(16)28(2)23(25)31/h3-13,17H,14H2,1-2H3,(H,26,30)/t17-,24+,25+/m0/s1. The summed E-state index contributed by atoms with van der Waals surface area (Å²) in [5, 5.41) is 4.87. The maximum Gasteiger partial charge on any atom is 0.253 e. The monoisotopic (exact) mass is 443 g/mol. The number of carbonyl (C=O) groups is 3. The minimum atomic E-state index is -1.38. The lowest BCUT2D eigenvalue weighted by Crippen LogP contribution is -2.62. The highest BCUT2D eigenvalue weighted by Crippen LogP contribution is 2.64. The van der Waals surface area contributed by atoms with Gasteiger partial charge in [0.1, 0.15) is 11.0 Å². The van der Waals surface area contributed by atoms with Gasteiger partial charge in [0.15, 0.2) is 5.78 Å². The topological polar surface area (TPSA) is 69.7 Å². The molecule has 1 saturated heterocycles. The largest absolute Gasteiger partial charge is 0.325 e. The Labute approximate surface area is 189 Å². The molecule has 4 heterocycles. The number of fused-ring (bicyclic) bond motifs is 5. The molecular weight excluding hydrogens is 422 g/mol. The van der Waals surface area contributed by atoms with Gasteiger partial charge in [-0.15, -0.1) is 11.3 Å². The van der Waals surface area contributed by atoms with Gasteiger partial charge in [-0.1, -0.05) is 42.5 Å². The predicted molar refractivity (Wildman–Crippen MR) is 123 cm³/mol. The Hall–Kier alpha value is -3.29. The summed E-state index contributed by atoms with van der Waals surface area (Å²) in [6.45, 7) is 0.298. The second kappa shape index (κ2) is 6.37. The van der Waals surface area contributed by atoms with E-state index in [0.29, 0.717) is 22.7 Å². The van der Waals surface area contributed by atoms with E-state index in [-0.39, 0.29) is 17.6 Å². The molecule has 2 spiro atoms. The van der Waals surface area contributed by atoms with E-state index in [2.05, 4.69) is 5.32 Å². The summed E-state index contributed by atoms with van der Waals surface area (Å²) < 4.78 is 0. The van der Waals surface area contributed by atoms with Crippen LogP contribution in [0.2, 0.25) is 0 Å². The molecule has 1 aromatic heterocycles. The molecule has 0 saturated carbocycles. The third-order valence-electron chi connectivity index (χ3n) is 7.43. The second-order valence-corrected chi connectivity index (χ2v) is 9.62. The Kier molecular flexibility index (Phi) is 3.86. The summed E-state index contributed by atoms with van der Waals surface area (Å²) >= 11 is 1.37. The van der Waals surface area contributed by atoms with Crippen LogP contribution in [0.15, 0.2) is 66.0 Å². The molecule has 32 heavy (non-hydrogen) atoms. The molecule has 0 bridgehead atoms. The molecule has 3 aliphatic heterocycles. The van der Waals surface area contributed by atoms with E-state index in [4.69, 9.17) is 0 Å². The van der Waals surface area contributed by atoms with Crippen molar-refractivity contribution in [1.29, 1.82) is 0 Å². The van der Waals surface area contributed by atoms with E-state index >= 15 is 0 Å². The Morgan fingerprint density at radius 2 is 1.72 bits per heavy atom. The number of ketones is 1. The first-order valence-corrected chi connectivity index (χ1v) is 11.4. The van der Waals surface area contributed by atoms with Crippen LogP contribution in [0.5, 0.6) is 0 Å². The first-order valence-electron chi connectivity index (χ1n) is 10.5. The molecule has 0 aliphatic carbocycles. The predicted octanol–water partition coefficient (Wildman–Crippen LogP) is 3.25. The number of benzene rings is 2. The van der Waals surface area contributed by atoms with Crippen LogP contribution in [-0.2, 0) is 20.5 Å². The van der Waals surface area contributed by atoms with E-state index in [1.165, 1.54) is 11.3 Å². The van der Waals surface area contributed by atoms with Crippen LogP contribution in [0.4, 0.5) is 11.4 Å². The molecule has 3 atom stereocenters. The number of hydrogen-bond acceptors (Lipinski definition) is 5. The van der Waals surface area contributed by atoms with Crippen molar-refractivity contribution in [2.24, 2.45) is 5.92 Å². The molecule has 2 aromatic carbocycles. The second-order valence-electron chi connectivity index (χ2n) is 8.67. The zero-order chi connectivity index (χ0) is 22.3. The number of Topliss-reactive ketones (excluding diaryl/α,β-unsaturated/α-hetero) is 1. The van der Waals surface area contributed by atoms with Crippen LogP contribution in [0.1, 0.15) is 20.8 Å². The molecule has 3 aliphatic rings. The van der Waals surface area contributed by atoms with Gasteiger partial charge in [-0.25, -0.2) is 0 Å². The number of amides is 2. The van der Waals surface area contributed by atoms with E-state index in [1.807, 2.05) is 71.9 Å². The number of para-hydroxylation sites is 2. The van der Waals surface area contributed by atoms with E-state index in [0.717, 1.165) is 11.3 Å². The normalized spacial score (nSPS) is 28.4. The van der Waals surface area contributed by atoms with Gasteiger partial charge < -0.3 is 10.2 Å². The van der Waals surface area contributed by atoms with Crippen LogP contribution in [0.3, 0.4) is 0 Å². The number of anilines is 2. The highest BCUT2D eigenvalue weighted by molar-refractivity contribution is 7.12. The van der Waals surface area contributed by atoms with E-state index < -0.39 is 16.9 Å². The summed E-state index contributed by atoms with van der Waals surface area (Å²) in [4.78, 5) is 46.3. The molecule has 160 valence electrons. The number of nitrogens with zero attached hydrogens (tertiary/aromatic N) is 2. The number of thiophene rings is 1. The number of carbonyl (C=O) groups excluding carboxylic acids is 3. The molecular formula is C25H21N3O3S. The minimum absolute atomic E-state index is 0.101. The Morgan fingerprint density at radius 1 is 1.00 bits per heavy atom. The van der Waals surface area contributed by atoms with Gasteiger partial charge in [-0.3, -0.25) is 19.3 Å². The highest BCUT2D eigenvalue weighted by atomic mass is 32.1. The number of likely N-dealkylation sites (N-methyl/N-ethyl adjacent to an activating group) is 2. The Morgan fingerprint density at radius 3 is 2.47 bits per heavy atom. The fraction of sp³-hybridized carbons (Fsp3) is 0.240. The summed E-state index contributed by atoms with van der Waals surface area (Å²) in [5.41, 5.74) is 0.219. The van der Waals surface area contributed by atoms with Crippen molar-refractivity contribution in [1.82, 2.24) is 4.90 Å². The molecule has 0 radical (unpaired) electrons. The fourth-order valence-electron chi connectivity index (χ4n) is 6.24. The van der Waals surface area contributed by atoms with Crippen LogP contribution in [-0.4, -0.2) is 43.1 Å². The van der Waals surface area contributed by atoms with Crippen LogP contribution in [0, 0.1) is 5.92 Å². The van der Waals surface area contributed by atoms with Gasteiger partial charge in [0.2, 0.25) is 5.91 Å². The first kappa shape index (κ1) is 19.4. The number of nitrogens with one attached hydrogen (secondary N) is 1. The van der Waals surface area contributed by atoms with Gasteiger partial charge >= 0.3 is 0 Å². The third-order valence-corrected chi connectivity index (χ3v) is 8.31. The fourth-order valence-corrected chi connectivity index (χ4v) is 6.96. The zero-order valence-corrected chi connectivity index (χ0v) is 18.5. The average Bonchev–Trinajstić information content (AvgIpc) is 3.54. The van der Waals surface area contributed by atoms with Crippen molar-refractivity contribution in [3.8, 4) is 0 Å². The lowest BCUT2D eigenvalue weighted by atomic mass is 9.58. The lowest BCUT2D eigenvalue weighted by Gasteiger charge is -2.43. The average molecular weight is 444 g/mol. The number of hydrogen-bond donors (Lipinski definition) is 1. The number of rotatable bonds is 2. The Bertz CT molecular complexity index is 1300. The summed E-state index contributed by atoms with van der Waals surface area (Å²) in [5.74, 6) is -1.29. The van der Waals surface area contributed by atoms with Crippen molar-refractivity contribution >= 4 is 40.3 Å². The molecule has 1 N–H and O–H groups in total. The van der Waals surface area contributed by atoms with Gasteiger partial charge in [-0.2, -0.15) is 0 Å². The van der Waals surface area contributed by atoms with Gasteiger partial charge in [0.05, 0.1) is 10.8 Å². The van der Waals surface area contributed by atoms with E-state index in [9.17, 15) is 14.4 Å². The quantitative estimate of drug-likeness (QED) is 0.618. The summed E-state index contributed by atoms with van der Waals surface area (Å²) in [6.07, 6.45) is 0. The highest BCUT2D eigenvalue weighted by Gasteiger charge is 2.78. The Balaban J connectivity index is 1.73. The third kappa shape index (κ3) is 1.97. The molecule has 3 aromatic rings. The summed E-state index contributed by atoms with van der Waals surface area (Å²) in [6, 6.07) is 18.7. The van der Waals surface area contributed by atoms with Crippen molar-refractivity contribution < 1.29 is 14.4 Å². The first-order chi connectivity index (χ1) is 15.5. The van der Waals surface area contributed by atoms with Crippen molar-refractivity contribution in [2.75, 3.05) is 30.9 Å². The molecule has 2 amide bonds. The van der Waals surface area contributed by atoms with Gasteiger partial charge in [0, 0.05) is 30.5 Å². The molecule has 1 fully saturated rings. The van der Waals surface area contributed by atoms with Gasteiger partial charge in [0.25, 0.3) is 5.91 Å². The summed E-state index contributed by atoms with van der Waals surface area (Å²) in [7, 11) is 3.59.